The van der Waals surface area contributed by atoms with Crippen molar-refractivity contribution in [2.75, 3.05) is 29.4 Å². The molecule has 34 heavy (non-hydrogen) atoms. The van der Waals surface area contributed by atoms with Crippen LogP contribution >= 0.6 is 0 Å². The summed E-state index contributed by atoms with van der Waals surface area (Å²) < 4.78 is 39.1. The number of carbonyl (C=O) groups excluding carboxylic acids is 2. The molecule has 1 aromatic carbocycles. The van der Waals surface area contributed by atoms with E-state index in [1.54, 1.807) is 40.1 Å². The van der Waals surface area contributed by atoms with Crippen LogP contribution in [0.15, 0.2) is 61.3 Å². The van der Waals surface area contributed by atoms with Crippen LogP contribution in [0.3, 0.4) is 0 Å². The summed E-state index contributed by atoms with van der Waals surface area (Å²) in [5.41, 5.74) is -0.832. The van der Waals surface area contributed by atoms with Gasteiger partial charge in [0.2, 0.25) is 5.91 Å². The van der Waals surface area contributed by atoms with Crippen LogP contribution in [-0.2, 0) is 4.79 Å². The molecule has 3 N–H and O–H groups in total. The number of piperidine rings is 2. The first-order valence-electron chi connectivity index (χ1n) is 11.1. The number of carbonyl (C=O) groups is 2. The smallest absolute Gasteiger partial charge is 0.380 e. The highest BCUT2D eigenvalue weighted by atomic mass is 19.4. The van der Waals surface area contributed by atoms with E-state index in [1.807, 2.05) is 0 Å². The van der Waals surface area contributed by atoms with Crippen LogP contribution in [0.1, 0.15) is 25.7 Å². The topological polar surface area (TPSA) is 84.9 Å². The minimum Gasteiger partial charge on any atom is -0.380 e. The number of rotatable bonds is 6. The molecule has 1 atom stereocenters. The van der Waals surface area contributed by atoms with Crippen LogP contribution in [0.2, 0.25) is 0 Å². The lowest BCUT2D eigenvalue weighted by Crippen LogP contribution is -2.54. The number of benzene rings is 1. The van der Waals surface area contributed by atoms with Crippen LogP contribution in [0.5, 0.6) is 0 Å². The summed E-state index contributed by atoms with van der Waals surface area (Å²) in [6, 6.07) is 5.77. The van der Waals surface area contributed by atoms with Crippen LogP contribution < -0.4 is 20.4 Å². The molecule has 3 amide bonds. The van der Waals surface area contributed by atoms with Crippen LogP contribution in [0, 0.1) is 0 Å². The molecule has 2 fully saturated rings. The summed E-state index contributed by atoms with van der Waals surface area (Å²) in [6.07, 6.45) is 0.312. The summed E-state index contributed by atoms with van der Waals surface area (Å²) in [5.74, 6) is -0.241. The summed E-state index contributed by atoms with van der Waals surface area (Å²) in [4.78, 5) is 28.6. The highest BCUT2D eigenvalue weighted by molar-refractivity contribution is 6.00. The maximum Gasteiger partial charge on any atom is 0.417 e. The number of alkyl halides is 3. The van der Waals surface area contributed by atoms with Crippen molar-refractivity contribution in [2.45, 2.75) is 43.5 Å². The first-order chi connectivity index (χ1) is 16.1. The lowest BCUT2D eigenvalue weighted by atomic mass is 9.90. The summed E-state index contributed by atoms with van der Waals surface area (Å²) in [6.45, 7) is 7.81. The summed E-state index contributed by atoms with van der Waals surface area (Å²) >= 11 is 0. The van der Waals surface area contributed by atoms with Crippen molar-refractivity contribution in [1.82, 2.24) is 10.6 Å². The van der Waals surface area contributed by atoms with Crippen LogP contribution in [-0.4, -0.2) is 54.5 Å². The zero-order chi connectivity index (χ0) is 24.9. The number of allylic oxidation sites excluding steroid dienone is 3. The second-order valence-electron chi connectivity index (χ2n) is 8.38. The molecule has 2 saturated heterocycles. The normalized spacial score (nSPS) is 21.1. The maximum atomic E-state index is 13.0. The number of urea groups is 1. The molecule has 2 aliphatic rings. The van der Waals surface area contributed by atoms with E-state index in [-0.39, 0.29) is 19.0 Å². The molecule has 0 unspecified atom stereocenters. The van der Waals surface area contributed by atoms with Crippen molar-refractivity contribution in [3.05, 3.63) is 61.3 Å². The second-order valence-corrected chi connectivity index (χ2v) is 8.38. The predicted molar refractivity (Wildman–Crippen MR) is 124 cm³/mol. The molecule has 3 rings (SSSR count). The molecule has 1 aromatic rings. The van der Waals surface area contributed by atoms with Gasteiger partial charge in [-0.25, -0.2) is 4.79 Å². The molecular formula is C24H29F3N4O3. The SMILES string of the molecule is C=C/C=C(\C=C)NC(=O)N[C@@H]1CCCN(c2ccc(N3CCC(O)(C(F)(F)F)CC3)cc2)C1=O. The third kappa shape index (κ3) is 5.61. The first-order valence-corrected chi connectivity index (χ1v) is 11.1. The number of aliphatic hydroxyl groups is 1. The Balaban J connectivity index is 1.61. The van der Waals surface area contributed by atoms with Gasteiger partial charge in [-0.1, -0.05) is 19.2 Å². The van der Waals surface area contributed by atoms with Gasteiger partial charge < -0.3 is 25.5 Å². The van der Waals surface area contributed by atoms with E-state index in [4.69, 9.17) is 0 Å². The minimum atomic E-state index is -4.64. The Morgan fingerprint density at radius 1 is 1.12 bits per heavy atom. The lowest BCUT2D eigenvalue weighted by molar-refractivity contribution is -0.266. The minimum absolute atomic E-state index is 0.0755. The Hall–Kier alpha value is -3.27. The molecule has 7 nitrogen and oxygen atoms in total. The molecular weight excluding hydrogens is 449 g/mol. The van der Waals surface area contributed by atoms with Gasteiger partial charge in [0, 0.05) is 49.5 Å². The van der Waals surface area contributed by atoms with Gasteiger partial charge in [-0.05, 0) is 49.3 Å². The summed E-state index contributed by atoms with van der Waals surface area (Å²) in [7, 11) is 0. The zero-order valence-electron chi connectivity index (χ0n) is 18.8. The van der Waals surface area contributed by atoms with E-state index in [0.717, 1.165) is 5.69 Å². The molecule has 10 heteroatoms. The number of nitrogens with zero attached hydrogens (tertiary/aromatic N) is 2. The Bertz CT molecular complexity index is 951. The van der Waals surface area contributed by atoms with E-state index >= 15 is 0 Å². The largest absolute Gasteiger partial charge is 0.417 e. The monoisotopic (exact) mass is 478 g/mol. The van der Waals surface area contributed by atoms with Crippen molar-refractivity contribution in [1.29, 1.82) is 0 Å². The summed E-state index contributed by atoms with van der Waals surface area (Å²) in [5, 5.41) is 15.1. The quantitative estimate of drug-likeness (QED) is 0.546. The molecule has 0 aliphatic carbocycles. The number of amides is 3. The van der Waals surface area contributed by atoms with Crippen LogP contribution in [0.4, 0.5) is 29.3 Å². The highest BCUT2D eigenvalue weighted by Crippen LogP contribution is 2.39. The Morgan fingerprint density at radius 2 is 1.74 bits per heavy atom. The second kappa shape index (κ2) is 10.3. The highest BCUT2D eigenvalue weighted by Gasteiger charge is 2.54. The maximum absolute atomic E-state index is 13.0. The number of hydrogen-bond donors (Lipinski definition) is 3. The Labute approximate surface area is 196 Å². The van der Waals surface area contributed by atoms with E-state index in [1.165, 1.54) is 12.2 Å². The zero-order valence-corrected chi connectivity index (χ0v) is 18.8. The van der Waals surface area contributed by atoms with Gasteiger partial charge in [0.05, 0.1) is 0 Å². The third-order valence-electron chi connectivity index (χ3n) is 6.16. The number of nitrogens with one attached hydrogen (secondary N) is 2. The number of hydrogen-bond acceptors (Lipinski definition) is 4. The molecule has 0 spiro atoms. The molecule has 0 radical (unpaired) electrons. The average molecular weight is 479 g/mol. The van der Waals surface area contributed by atoms with E-state index in [2.05, 4.69) is 23.8 Å². The molecule has 0 bridgehead atoms. The average Bonchev–Trinajstić information content (AvgIpc) is 2.80. The van der Waals surface area contributed by atoms with Gasteiger partial charge in [0.25, 0.3) is 0 Å². The fourth-order valence-corrected chi connectivity index (χ4v) is 4.14. The van der Waals surface area contributed by atoms with E-state index in [0.29, 0.717) is 30.8 Å². The first kappa shape index (κ1) is 25.4. The third-order valence-corrected chi connectivity index (χ3v) is 6.16. The van der Waals surface area contributed by atoms with Crippen molar-refractivity contribution in [3.63, 3.8) is 0 Å². The van der Waals surface area contributed by atoms with Gasteiger partial charge in [-0.3, -0.25) is 4.79 Å². The fraction of sp³-hybridized carbons (Fsp3) is 0.417. The molecule has 0 aromatic heterocycles. The predicted octanol–water partition coefficient (Wildman–Crippen LogP) is 3.63. The fourth-order valence-electron chi connectivity index (χ4n) is 4.14. The Morgan fingerprint density at radius 3 is 2.29 bits per heavy atom. The van der Waals surface area contributed by atoms with Crippen molar-refractivity contribution in [3.8, 4) is 0 Å². The van der Waals surface area contributed by atoms with E-state index < -0.39 is 36.7 Å². The molecule has 0 saturated carbocycles. The molecule has 184 valence electrons. The van der Waals surface area contributed by atoms with Crippen molar-refractivity contribution < 1.29 is 27.9 Å². The number of halogens is 3. The van der Waals surface area contributed by atoms with Crippen molar-refractivity contribution >= 4 is 23.3 Å². The molecule has 2 heterocycles. The van der Waals surface area contributed by atoms with Gasteiger partial charge in [0.15, 0.2) is 5.60 Å². The van der Waals surface area contributed by atoms with Gasteiger partial charge in [0.1, 0.15) is 6.04 Å². The standard InChI is InChI=1S/C24H29F3N4O3/c1-3-6-17(4-2)28-22(33)29-20-7-5-14-31(21(20)32)19-10-8-18(9-11-19)30-15-12-23(34,13-16-30)24(25,26)27/h3-4,6,8-11,20,34H,1-2,5,7,12-16H2,(H2,28,29,33)/b17-6+/t20-/m1/s1. The van der Waals surface area contributed by atoms with Crippen LogP contribution in [0.25, 0.3) is 0 Å². The van der Waals surface area contributed by atoms with Gasteiger partial charge in [-0.15, -0.1) is 0 Å². The Kier molecular flexibility index (Phi) is 7.71. The molecule has 2 aliphatic heterocycles. The van der Waals surface area contributed by atoms with Crippen molar-refractivity contribution in [2.24, 2.45) is 0 Å². The van der Waals surface area contributed by atoms with Gasteiger partial charge >= 0.3 is 12.2 Å². The van der Waals surface area contributed by atoms with Gasteiger partial charge in [-0.2, -0.15) is 13.2 Å². The lowest BCUT2D eigenvalue weighted by Gasteiger charge is -2.40. The number of anilines is 2. The van der Waals surface area contributed by atoms with E-state index in [9.17, 15) is 27.9 Å².